The minimum absolute atomic E-state index is 0.429. The van der Waals surface area contributed by atoms with Gasteiger partial charge in [0.15, 0.2) is 0 Å². The Balaban J connectivity index is 4.94. The molecule has 1 N–H and O–H groups in total. The molecule has 0 aromatic carbocycles. The van der Waals surface area contributed by atoms with Crippen molar-refractivity contribution in [2.75, 3.05) is 6.54 Å². The van der Waals surface area contributed by atoms with Crippen molar-refractivity contribution in [3.8, 4) is 0 Å². The summed E-state index contributed by atoms with van der Waals surface area (Å²) in [4.78, 5) is 20.8. The molecule has 0 spiro atoms. The van der Waals surface area contributed by atoms with Gasteiger partial charge < -0.3 is 9.84 Å². The Bertz CT molecular complexity index is 284. The van der Waals surface area contributed by atoms with E-state index in [1.54, 1.807) is 13.8 Å². The van der Waals surface area contributed by atoms with Crippen LogP contribution in [0.4, 0.5) is 0 Å². The van der Waals surface area contributed by atoms with E-state index in [1.807, 2.05) is 6.92 Å². The zero-order valence-corrected chi connectivity index (χ0v) is 11.8. The molecule has 0 aliphatic carbocycles. The molecule has 17 heavy (non-hydrogen) atoms. The average molecular weight is 312 g/mol. The van der Waals surface area contributed by atoms with E-state index >= 15 is 0 Å². The van der Waals surface area contributed by atoms with Gasteiger partial charge in [-0.15, -0.1) is 0 Å². The van der Waals surface area contributed by atoms with E-state index in [0.29, 0.717) is 12.8 Å². The van der Waals surface area contributed by atoms with Crippen molar-refractivity contribution in [3.05, 3.63) is 10.1 Å². The smallest absolute Gasteiger partial charge is 0.346 e. The third kappa shape index (κ3) is 4.99. The quantitative estimate of drug-likeness (QED) is 0.333. The summed E-state index contributed by atoms with van der Waals surface area (Å²) in [6.07, 6.45) is 0.699. The molecule has 0 unspecified atom stereocenters. The van der Waals surface area contributed by atoms with E-state index in [9.17, 15) is 20.0 Å². The number of ether oxygens (including phenoxy) is 1. The Hall–Kier alpha value is -0.690. The molecular weight excluding hydrogens is 294 g/mol. The van der Waals surface area contributed by atoms with Gasteiger partial charge in [0.1, 0.15) is 0 Å². The lowest BCUT2D eigenvalue weighted by molar-refractivity contribution is -0.497. The lowest BCUT2D eigenvalue weighted by Gasteiger charge is -2.27. The number of halogens is 1. The van der Waals surface area contributed by atoms with Crippen LogP contribution in [0.5, 0.6) is 0 Å². The van der Waals surface area contributed by atoms with Crippen LogP contribution in [-0.4, -0.2) is 39.1 Å². The fourth-order valence-corrected chi connectivity index (χ4v) is 2.09. The number of hydrogen-bond donors (Lipinski definition) is 1. The molecular formula is C10H18BrNO5. The molecule has 6 nitrogen and oxygen atoms in total. The predicted molar refractivity (Wildman–Crippen MR) is 65.7 cm³/mol. The molecule has 7 heteroatoms. The van der Waals surface area contributed by atoms with Crippen molar-refractivity contribution >= 4 is 21.9 Å². The molecule has 100 valence electrons. The Morgan fingerprint density at radius 3 is 2.47 bits per heavy atom. The van der Waals surface area contributed by atoms with Gasteiger partial charge in [-0.2, -0.15) is 0 Å². The molecule has 0 aromatic rings. The lowest BCUT2D eigenvalue weighted by Crippen LogP contribution is -2.53. The van der Waals surface area contributed by atoms with Crippen LogP contribution in [-0.2, 0) is 9.53 Å². The van der Waals surface area contributed by atoms with Crippen LogP contribution < -0.4 is 0 Å². The summed E-state index contributed by atoms with van der Waals surface area (Å²) in [7, 11) is 0. The maximum absolute atomic E-state index is 11.7. The van der Waals surface area contributed by atoms with Gasteiger partial charge in [0.05, 0.1) is 10.9 Å². The Morgan fingerprint density at radius 1 is 1.59 bits per heavy atom. The molecule has 0 saturated heterocycles. The second kappa shape index (κ2) is 6.90. The highest BCUT2D eigenvalue weighted by Gasteiger charge is 2.49. The Labute approximate surface area is 109 Å². The van der Waals surface area contributed by atoms with E-state index in [1.165, 1.54) is 0 Å². The second-order valence-corrected chi connectivity index (χ2v) is 5.23. The Kier molecular flexibility index (Phi) is 6.62. The molecule has 0 bridgehead atoms. The topological polar surface area (TPSA) is 89.7 Å². The molecule has 0 rings (SSSR count). The molecule has 0 heterocycles. The fraction of sp³-hybridized carbons (Fsp3) is 0.900. The van der Waals surface area contributed by atoms with Crippen molar-refractivity contribution in [3.63, 3.8) is 0 Å². The van der Waals surface area contributed by atoms with Crippen molar-refractivity contribution in [1.29, 1.82) is 0 Å². The maximum Gasteiger partial charge on any atom is 0.346 e. The van der Waals surface area contributed by atoms with Crippen LogP contribution >= 0.6 is 15.9 Å². The number of aliphatic hydroxyl groups is 1. The molecule has 0 radical (unpaired) electrons. The summed E-state index contributed by atoms with van der Waals surface area (Å²) in [5.74, 6) is -0.959. The number of rotatable bonds is 7. The van der Waals surface area contributed by atoms with Crippen molar-refractivity contribution in [2.45, 2.75) is 50.1 Å². The number of carbonyl (C=O) groups is 1. The summed E-state index contributed by atoms with van der Waals surface area (Å²) in [5.41, 5.74) is -2.12. The lowest BCUT2D eigenvalue weighted by atomic mass is 9.96. The molecule has 0 aliphatic heterocycles. The number of alkyl halides is 1. The van der Waals surface area contributed by atoms with Gasteiger partial charge in [-0.25, -0.2) is 4.79 Å². The Morgan fingerprint density at radius 2 is 2.12 bits per heavy atom. The number of nitrogens with zero attached hydrogens (tertiary/aromatic N) is 1. The normalized spacial score (nSPS) is 16.4. The summed E-state index contributed by atoms with van der Waals surface area (Å²) < 4.78 is 4.86. The minimum Gasteiger partial charge on any atom is -0.461 e. The van der Waals surface area contributed by atoms with E-state index in [4.69, 9.17) is 4.74 Å². The van der Waals surface area contributed by atoms with Crippen LogP contribution in [0.25, 0.3) is 0 Å². The summed E-state index contributed by atoms with van der Waals surface area (Å²) in [5, 5.41) is 20.7. The molecule has 0 amide bonds. The zero-order chi connectivity index (χ0) is 13.6. The first kappa shape index (κ1) is 16.3. The third-order valence-corrected chi connectivity index (χ3v) is 3.34. The highest BCUT2D eigenvalue weighted by atomic mass is 79.9. The summed E-state index contributed by atoms with van der Waals surface area (Å²) in [6, 6.07) is 0. The third-order valence-electron chi connectivity index (χ3n) is 2.13. The number of esters is 1. The average Bonchev–Trinajstić information content (AvgIpc) is 2.15. The molecule has 0 aromatic heterocycles. The SMILES string of the molecule is CCC[C@@H](Br)[C@@](O)(C[N+](=O)[O-])C(=O)OC(C)C. The number of nitro groups is 1. The summed E-state index contributed by atoms with van der Waals surface area (Å²) >= 11 is 3.12. The summed E-state index contributed by atoms with van der Waals surface area (Å²) in [6.45, 7) is 4.23. The fourth-order valence-electron chi connectivity index (χ4n) is 1.30. The molecule has 2 atom stereocenters. The van der Waals surface area contributed by atoms with Gasteiger partial charge in [-0.1, -0.05) is 29.3 Å². The largest absolute Gasteiger partial charge is 0.461 e. The van der Waals surface area contributed by atoms with Gasteiger partial charge in [0.25, 0.3) is 0 Å². The van der Waals surface area contributed by atoms with Gasteiger partial charge in [0.2, 0.25) is 12.1 Å². The minimum atomic E-state index is -2.12. The van der Waals surface area contributed by atoms with Crippen molar-refractivity contribution < 1.29 is 19.6 Å². The van der Waals surface area contributed by atoms with E-state index in [-0.39, 0.29) is 0 Å². The van der Waals surface area contributed by atoms with Crippen LogP contribution in [0, 0.1) is 10.1 Å². The van der Waals surface area contributed by atoms with Crippen molar-refractivity contribution in [1.82, 2.24) is 0 Å². The molecule has 0 fully saturated rings. The molecule has 0 saturated carbocycles. The van der Waals surface area contributed by atoms with Gasteiger partial charge >= 0.3 is 5.97 Å². The first-order valence-corrected chi connectivity index (χ1v) is 6.35. The number of carbonyl (C=O) groups excluding carboxylic acids is 1. The zero-order valence-electron chi connectivity index (χ0n) is 10.2. The molecule has 0 aliphatic rings. The van der Waals surface area contributed by atoms with Crippen LogP contribution in [0.1, 0.15) is 33.6 Å². The van der Waals surface area contributed by atoms with Gasteiger partial charge in [-0.05, 0) is 20.3 Å². The maximum atomic E-state index is 11.7. The monoisotopic (exact) mass is 311 g/mol. The van der Waals surface area contributed by atoms with E-state index < -0.39 is 34.0 Å². The predicted octanol–water partition coefficient (Wildman–Crippen LogP) is 1.51. The van der Waals surface area contributed by atoms with E-state index in [2.05, 4.69) is 15.9 Å². The van der Waals surface area contributed by atoms with Crippen molar-refractivity contribution in [2.24, 2.45) is 0 Å². The van der Waals surface area contributed by atoms with Crippen LogP contribution in [0.2, 0.25) is 0 Å². The van der Waals surface area contributed by atoms with Crippen LogP contribution in [0.15, 0.2) is 0 Å². The second-order valence-electron chi connectivity index (χ2n) is 4.13. The number of hydrogen-bond acceptors (Lipinski definition) is 5. The highest BCUT2D eigenvalue weighted by Crippen LogP contribution is 2.25. The standard InChI is InChI=1S/C10H18BrNO5/c1-4-5-8(11)10(14,6-12(15)16)9(13)17-7(2)3/h7-8,14H,4-6H2,1-3H3/t8-,10+/m1/s1. The van der Waals surface area contributed by atoms with E-state index in [0.717, 1.165) is 0 Å². The van der Waals surface area contributed by atoms with Gasteiger partial charge in [0, 0.05) is 4.92 Å². The van der Waals surface area contributed by atoms with Crippen LogP contribution in [0.3, 0.4) is 0 Å². The first-order chi connectivity index (χ1) is 7.74. The first-order valence-electron chi connectivity index (χ1n) is 5.43. The highest BCUT2D eigenvalue weighted by molar-refractivity contribution is 9.09. The van der Waals surface area contributed by atoms with Gasteiger partial charge in [-0.3, -0.25) is 10.1 Å².